The molecule has 3 aliphatic rings. The number of amides is 1. The summed E-state index contributed by atoms with van der Waals surface area (Å²) in [5, 5.41) is 7.33. The van der Waals surface area contributed by atoms with Gasteiger partial charge < -0.3 is 14.7 Å². The molecule has 0 radical (unpaired) electrons. The molecule has 7 heteroatoms. The summed E-state index contributed by atoms with van der Waals surface area (Å²) in [4.78, 5) is 22.2. The normalized spacial score (nSPS) is 19.3. The number of likely N-dealkylation sites (tertiary alicyclic amines) is 1. The predicted molar refractivity (Wildman–Crippen MR) is 146 cm³/mol. The van der Waals surface area contributed by atoms with Crippen LogP contribution < -0.4 is 0 Å². The van der Waals surface area contributed by atoms with E-state index in [2.05, 4.69) is 63.2 Å². The first kappa shape index (κ1) is 23.9. The molecule has 3 aromatic rings. The Morgan fingerprint density at radius 3 is 2.50 bits per heavy atom. The number of piperidine rings is 1. The summed E-state index contributed by atoms with van der Waals surface area (Å²) in [5.74, 6) is 0.139. The maximum Gasteiger partial charge on any atom is 0.274 e. The monoisotopic (exact) mass is 503 g/mol. The summed E-state index contributed by atoms with van der Waals surface area (Å²) in [6.07, 6.45) is 5.23. The Bertz CT molecular complexity index is 1190. The first-order chi connectivity index (χ1) is 17.7. The highest BCUT2D eigenvalue weighted by atomic mass is 32.1. The average Bonchev–Trinajstić information content (AvgIpc) is 3.57. The molecule has 0 bridgehead atoms. The third-order valence-electron chi connectivity index (χ3n) is 8.38. The van der Waals surface area contributed by atoms with Crippen LogP contribution in [0.3, 0.4) is 0 Å². The molecule has 1 aromatic carbocycles. The highest BCUT2D eigenvalue weighted by Gasteiger charge is 2.34. The molecule has 4 heterocycles. The molecule has 1 aliphatic carbocycles. The van der Waals surface area contributed by atoms with Crippen LogP contribution in [-0.4, -0.2) is 82.7 Å². The number of aromatic nitrogens is 2. The summed E-state index contributed by atoms with van der Waals surface area (Å²) in [6, 6.07) is 13.4. The molecule has 6 rings (SSSR count). The molecule has 1 amide bonds. The van der Waals surface area contributed by atoms with E-state index in [1.165, 1.54) is 27.3 Å². The number of carbonyl (C=O) groups is 1. The molecule has 6 nitrogen and oxygen atoms in total. The van der Waals surface area contributed by atoms with Gasteiger partial charge in [0.15, 0.2) is 5.69 Å². The molecule has 0 N–H and O–H groups in total. The van der Waals surface area contributed by atoms with E-state index in [9.17, 15) is 4.79 Å². The average molecular weight is 504 g/mol. The summed E-state index contributed by atoms with van der Waals surface area (Å²) in [6.45, 7) is 10.1. The van der Waals surface area contributed by atoms with Crippen molar-refractivity contribution in [3.8, 4) is 11.3 Å². The van der Waals surface area contributed by atoms with Gasteiger partial charge >= 0.3 is 0 Å². The van der Waals surface area contributed by atoms with Crippen LogP contribution in [-0.2, 0) is 19.3 Å². The molecule has 2 saturated heterocycles. The zero-order valence-electron chi connectivity index (χ0n) is 21.4. The largest absolute Gasteiger partial charge is 0.335 e. The number of benzene rings is 1. The van der Waals surface area contributed by atoms with Gasteiger partial charge in [-0.2, -0.15) is 5.10 Å². The van der Waals surface area contributed by atoms with Gasteiger partial charge in [-0.3, -0.25) is 9.48 Å². The predicted octanol–water partition coefficient (Wildman–Crippen LogP) is 4.37. The fraction of sp³-hybridized carbons (Fsp3) is 0.517. The molecule has 2 aromatic heterocycles. The Hall–Kier alpha value is -2.48. The van der Waals surface area contributed by atoms with Crippen LogP contribution in [0.2, 0.25) is 0 Å². The zero-order valence-corrected chi connectivity index (χ0v) is 22.2. The van der Waals surface area contributed by atoms with Crippen molar-refractivity contribution >= 4 is 17.2 Å². The zero-order chi connectivity index (χ0) is 24.5. The summed E-state index contributed by atoms with van der Waals surface area (Å²) >= 11 is 1.85. The summed E-state index contributed by atoms with van der Waals surface area (Å²) < 4.78 is 2.27. The second kappa shape index (κ2) is 10.5. The molecule has 2 aliphatic heterocycles. The van der Waals surface area contributed by atoms with Crippen molar-refractivity contribution < 1.29 is 4.79 Å². The van der Waals surface area contributed by atoms with Crippen LogP contribution in [0.5, 0.6) is 0 Å². The van der Waals surface area contributed by atoms with E-state index in [0.717, 1.165) is 90.2 Å². The van der Waals surface area contributed by atoms with Crippen molar-refractivity contribution in [2.75, 3.05) is 52.4 Å². The second-order valence-corrected chi connectivity index (χ2v) is 11.4. The third-order valence-corrected chi connectivity index (χ3v) is 9.36. The van der Waals surface area contributed by atoms with Gasteiger partial charge in [-0.25, -0.2) is 0 Å². The highest BCUT2D eigenvalue weighted by Crippen LogP contribution is 2.41. The smallest absolute Gasteiger partial charge is 0.274 e. The molecule has 0 atom stereocenters. The standard InChI is InChI=1S/C29H37N5OS/c1-2-31-17-19-33(20-18-31)29(35)27-25-8-9-26-24(13-21-36-26)28(25)34(30-27)23-11-15-32(16-12-23)14-10-22-6-4-3-5-7-22/h3-7,13,21,23H,2,8-12,14-20H2,1H3. The van der Waals surface area contributed by atoms with Gasteiger partial charge in [-0.1, -0.05) is 37.3 Å². The van der Waals surface area contributed by atoms with Gasteiger partial charge in [0.05, 0.1) is 11.7 Å². The van der Waals surface area contributed by atoms with Crippen LogP contribution in [0, 0.1) is 0 Å². The van der Waals surface area contributed by atoms with E-state index in [1.807, 2.05) is 16.2 Å². The second-order valence-electron chi connectivity index (χ2n) is 10.4. The van der Waals surface area contributed by atoms with Gasteiger partial charge in [0.2, 0.25) is 0 Å². The van der Waals surface area contributed by atoms with E-state index in [4.69, 9.17) is 5.10 Å². The lowest BCUT2D eigenvalue weighted by molar-refractivity contribution is 0.0634. The summed E-state index contributed by atoms with van der Waals surface area (Å²) in [7, 11) is 0. The summed E-state index contributed by atoms with van der Waals surface area (Å²) in [5.41, 5.74) is 5.87. The van der Waals surface area contributed by atoms with Crippen LogP contribution in [0.1, 0.15) is 52.3 Å². The number of nitrogens with zero attached hydrogens (tertiary/aromatic N) is 5. The minimum atomic E-state index is 0.139. The number of rotatable bonds is 6. The minimum Gasteiger partial charge on any atom is -0.335 e. The molecule has 0 spiro atoms. The van der Waals surface area contributed by atoms with Crippen molar-refractivity contribution in [2.24, 2.45) is 0 Å². The number of carbonyl (C=O) groups excluding carboxylic acids is 1. The molecule has 0 saturated carbocycles. The Morgan fingerprint density at radius 1 is 0.972 bits per heavy atom. The molecular formula is C29H37N5OS. The van der Waals surface area contributed by atoms with Crippen LogP contribution in [0.15, 0.2) is 41.8 Å². The van der Waals surface area contributed by atoms with Crippen molar-refractivity contribution in [3.63, 3.8) is 0 Å². The molecule has 2 fully saturated rings. The van der Waals surface area contributed by atoms with Gasteiger partial charge in [-0.05, 0) is 55.7 Å². The van der Waals surface area contributed by atoms with E-state index in [1.54, 1.807) is 0 Å². The van der Waals surface area contributed by atoms with Crippen molar-refractivity contribution in [1.82, 2.24) is 24.5 Å². The van der Waals surface area contributed by atoms with Crippen molar-refractivity contribution in [2.45, 2.75) is 45.1 Å². The van der Waals surface area contributed by atoms with Gasteiger partial charge in [-0.15, -0.1) is 11.3 Å². The lowest BCUT2D eigenvalue weighted by atomic mass is 9.93. The number of aryl methyl sites for hydroxylation is 1. The number of piperazine rings is 1. The molecule has 0 unspecified atom stereocenters. The van der Waals surface area contributed by atoms with E-state index in [-0.39, 0.29) is 5.91 Å². The van der Waals surface area contributed by atoms with Crippen LogP contribution in [0.25, 0.3) is 11.3 Å². The lowest BCUT2D eigenvalue weighted by Gasteiger charge is -2.34. The number of likely N-dealkylation sites (N-methyl/N-ethyl adjacent to an activating group) is 1. The topological polar surface area (TPSA) is 44.6 Å². The Balaban J connectivity index is 1.21. The maximum absolute atomic E-state index is 13.7. The fourth-order valence-electron chi connectivity index (χ4n) is 6.15. The SMILES string of the molecule is CCN1CCN(C(=O)c2nn(C3CCN(CCc4ccccc4)CC3)c3c2CCc2sccc2-3)CC1. The first-order valence-corrected chi connectivity index (χ1v) is 14.5. The van der Waals surface area contributed by atoms with Crippen molar-refractivity contribution in [1.29, 1.82) is 0 Å². The maximum atomic E-state index is 13.7. The van der Waals surface area contributed by atoms with Gasteiger partial charge in [0, 0.05) is 61.8 Å². The van der Waals surface area contributed by atoms with Crippen molar-refractivity contribution in [3.05, 3.63) is 63.5 Å². The fourth-order valence-corrected chi connectivity index (χ4v) is 7.03. The Kier molecular flexibility index (Phi) is 6.96. The quantitative estimate of drug-likeness (QED) is 0.501. The number of fused-ring (bicyclic) bond motifs is 3. The van der Waals surface area contributed by atoms with Gasteiger partial charge in [0.25, 0.3) is 5.91 Å². The molecule has 36 heavy (non-hydrogen) atoms. The molecule has 190 valence electrons. The third kappa shape index (κ3) is 4.64. The Labute approximate surface area is 218 Å². The number of hydrogen-bond acceptors (Lipinski definition) is 5. The minimum absolute atomic E-state index is 0.139. The molecular weight excluding hydrogens is 466 g/mol. The van der Waals surface area contributed by atoms with E-state index in [0.29, 0.717) is 6.04 Å². The van der Waals surface area contributed by atoms with E-state index >= 15 is 0 Å². The van der Waals surface area contributed by atoms with Crippen LogP contribution in [0.4, 0.5) is 0 Å². The Morgan fingerprint density at radius 2 is 1.75 bits per heavy atom. The number of hydrogen-bond donors (Lipinski definition) is 0. The van der Waals surface area contributed by atoms with Gasteiger partial charge in [0.1, 0.15) is 0 Å². The van der Waals surface area contributed by atoms with Crippen LogP contribution >= 0.6 is 11.3 Å². The highest BCUT2D eigenvalue weighted by molar-refractivity contribution is 7.10. The van der Waals surface area contributed by atoms with E-state index < -0.39 is 0 Å². The number of thiophene rings is 1. The first-order valence-electron chi connectivity index (χ1n) is 13.7. The lowest BCUT2D eigenvalue weighted by Crippen LogP contribution is -2.48.